The summed E-state index contributed by atoms with van der Waals surface area (Å²) >= 11 is 0. The molecule has 0 bridgehead atoms. The lowest BCUT2D eigenvalue weighted by atomic mass is 9.98. The Labute approximate surface area is 134 Å². The summed E-state index contributed by atoms with van der Waals surface area (Å²) in [6.07, 6.45) is -4.78. The van der Waals surface area contributed by atoms with Gasteiger partial charge in [-0.15, -0.1) is 0 Å². The number of methoxy groups -OCH3 is 1. The molecule has 1 aliphatic heterocycles. The van der Waals surface area contributed by atoms with Crippen LogP contribution >= 0.6 is 0 Å². The molecular weight excluding hydrogens is 304 g/mol. The molecule has 0 aliphatic carbocycles. The predicted octanol–water partition coefficient (Wildman–Crippen LogP) is 0.228. The first-order chi connectivity index (χ1) is 11.1. The van der Waals surface area contributed by atoms with Crippen LogP contribution in [0, 0.1) is 0 Å². The van der Waals surface area contributed by atoms with Crippen LogP contribution in [0.2, 0.25) is 0 Å². The number of rotatable bonds is 6. The molecule has 7 nitrogen and oxygen atoms in total. The summed E-state index contributed by atoms with van der Waals surface area (Å²) in [7, 11) is 1.39. The van der Waals surface area contributed by atoms with Crippen LogP contribution in [0.25, 0.3) is 0 Å². The number of esters is 1. The van der Waals surface area contributed by atoms with Gasteiger partial charge >= 0.3 is 5.97 Å². The minimum absolute atomic E-state index is 0.217. The normalized spacial score (nSPS) is 30.9. The lowest BCUT2D eigenvalue weighted by Crippen LogP contribution is -2.61. The van der Waals surface area contributed by atoms with E-state index in [0.29, 0.717) is 0 Å². The maximum atomic E-state index is 11.3. The highest BCUT2D eigenvalue weighted by Crippen LogP contribution is 2.27. The Hall–Kier alpha value is -1.51. The molecule has 0 aromatic heterocycles. The number of aliphatic hydroxyl groups excluding tert-OH is 2. The van der Waals surface area contributed by atoms with Gasteiger partial charge in [-0.3, -0.25) is 4.79 Å². The van der Waals surface area contributed by atoms with Crippen molar-refractivity contribution in [3.63, 3.8) is 0 Å². The topological polar surface area (TPSA) is 94.5 Å². The molecule has 0 unspecified atom stereocenters. The number of hydrogen-bond donors (Lipinski definition) is 2. The van der Waals surface area contributed by atoms with Crippen molar-refractivity contribution in [2.75, 3.05) is 13.7 Å². The average Bonchev–Trinajstić information content (AvgIpc) is 2.55. The number of hydrogen-bond acceptors (Lipinski definition) is 7. The van der Waals surface area contributed by atoms with Gasteiger partial charge in [0.25, 0.3) is 0 Å². The van der Waals surface area contributed by atoms with Crippen LogP contribution in [0.15, 0.2) is 30.3 Å². The molecular formula is C16H22O7. The molecule has 128 valence electrons. The van der Waals surface area contributed by atoms with Crippen LogP contribution in [-0.4, -0.2) is 60.6 Å². The first-order valence-corrected chi connectivity index (χ1v) is 7.36. The van der Waals surface area contributed by atoms with Gasteiger partial charge in [-0.1, -0.05) is 30.3 Å². The third-order valence-electron chi connectivity index (χ3n) is 3.62. The average molecular weight is 326 g/mol. The first-order valence-electron chi connectivity index (χ1n) is 7.36. The summed E-state index contributed by atoms with van der Waals surface area (Å²) < 4.78 is 21.5. The quantitative estimate of drug-likeness (QED) is 0.723. The van der Waals surface area contributed by atoms with Crippen molar-refractivity contribution in [3.05, 3.63) is 35.9 Å². The van der Waals surface area contributed by atoms with Gasteiger partial charge in [-0.25, -0.2) is 0 Å². The number of benzene rings is 1. The van der Waals surface area contributed by atoms with E-state index in [2.05, 4.69) is 0 Å². The SMILES string of the molecule is CO[C@H]1O[C@H](CO)[C@@H](O)[C@H](OCc2ccccc2)[C@@H]1OC(C)=O. The Balaban J connectivity index is 2.15. The first kappa shape index (κ1) is 17.8. The fraction of sp³-hybridized carbons (Fsp3) is 0.562. The van der Waals surface area contributed by atoms with Crippen LogP contribution in [0.4, 0.5) is 0 Å². The van der Waals surface area contributed by atoms with E-state index in [1.54, 1.807) is 0 Å². The highest BCUT2D eigenvalue weighted by Gasteiger charge is 2.48. The summed E-state index contributed by atoms with van der Waals surface area (Å²) in [5.41, 5.74) is 0.905. The maximum Gasteiger partial charge on any atom is 0.303 e. The monoisotopic (exact) mass is 326 g/mol. The van der Waals surface area contributed by atoms with Crippen molar-refractivity contribution >= 4 is 5.97 Å². The van der Waals surface area contributed by atoms with E-state index in [-0.39, 0.29) is 6.61 Å². The molecule has 7 heteroatoms. The van der Waals surface area contributed by atoms with Gasteiger partial charge in [-0.2, -0.15) is 0 Å². The van der Waals surface area contributed by atoms with Crippen LogP contribution in [-0.2, 0) is 30.3 Å². The van der Waals surface area contributed by atoms with Gasteiger partial charge in [0.2, 0.25) is 0 Å². The van der Waals surface area contributed by atoms with Crippen molar-refractivity contribution in [2.24, 2.45) is 0 Å². The number of aliphatic hydroxyl groups is 2. The minimum Gasteiger partial charge on any atom is -0.454 e. The maximum absolute atomic E-state index is 11.3. The van der Waals surface area contributed by atoms with E-state index in [0.717, 1.165) is 5.56 Å². The van der Waals surface area contributed by atoms with Crippen LogP contribution in [0.5, 0.6) is 0 Å². The Bertz CT molecular complexity index is 492. The van der Waals surface area contributed by atoms with Crippen molar-refractivity contribution < 1.29 is 34.0 Å². The minimum atomic E-state index is -1.15. The van der Waals surface area contributed by atoms with Gasteiger partial charge in [0.05, 0.1) is 13.2 Å². The number of carbonyl (C=O) groups excluding carboxylic acids is 1. The molecule has 2 N–H and O–H groups in total. The fourth-order valence-electron chi connectivity index (χ4n) is 2.51. The lowest BCUT2D eigenvalue weighted by molar-refractivity contribution is -0.305. The highest BCUT2D eigenvalue weighted by atomic mass is 16.7. The summed E-state index contributed by atoms with van der Waals surface area (Å²) in [4.78, 5) is 11.3. The Morgan fingerprint density at radius 3 is 2.52 bits per heavy atom. The van der Waals surface area contributed by atoms with Gasteiger partial charge < -0.3 is 29.2 Å². The molecule has 1 fully saturated rings. The molecule has 0 amide bonds. The van der Waals surface area contributed by atoms with Crippen molar-refractivity contribution in [2.45, 2.75) is 44.2 Å². The molecule has 5 atom stereocenters. The van der Waals surface area contributed by atoms with Gasteiger partial charge in [0, 0.05) is 14.0 Å². The zero-order chi connectivity index (χ0) is 16.8. The Morgan fingerprint density at radius 1 is 1.26 bits per heavy atom. The molecule has 1 aromatic rings. The summed E-state index contributed by atoms with van der Waals surface area (Å²) in [5.74, 6) is -0.538. The van der Waals surface area contributed by atoms with Crippen LogP contribution < -0.4 is 0 Å². The smallest absolute Gasteiger partial charge is 0.303 e. The summed E-state index contributed by atoms with van der Waals surface area (Å²) in [6.45, 7) is 1.07. The molecule has 2 rings (SSSR count). The van der Waals surface area contributed by atoms with E-state index in [1.165, 1.54) is 14.0 Å². The Kier molecular flexibility index (Phi) is 6.49. The second-order valence-corrected chi connectivity index (χ2v) is 5.29. The van der Waals surface area contributed by atoms with E-state index in [1.807, 2.05) is 30.3 Å². The molecule has 1 saturated heterocycles. The van der Waals surface area contributed by atoms with E-state index in [9.17, 15) is 15.0 Å². The molecule has 1 heterocycles. The second kappa shape index (κ2) is 8.37. The lowest BCUT2D eigenvalue weighted by Gasteiger charge is -2.42. The van der Waals surface area contributed by atoms with E-state index >= 15 is 0 Å². The molecule has 1 aliphatic rings. The second-order valence-electron chi connectivity index (χ2n) is 5.29. The van der Waals surface area contributed by atoms with Crippen molar-refractivity contribution in [3.8, 4) is 0 Å². The van der Waals surface area contributed by atoms with Crippen LogP contribution in [0.3, 0.4) is 0 Å². The molecule has 23 heavy (non-hydrogen) atoms. The molecule has 0 spiro atoms. The zero-order valence-corrected chi connectivity index (χ0v) is 13.1. The zero-order valence-electron chi connectivity index (χ0n) is 13.1. The number of ether oxygens (including phenoxy) is 4. The van der Waals surface area contributed by atoms with Gasteiger partial charge in [0.15, 0.2) is 12.4 Å². The predicted molar refractivity (Wildman–Crippen MR) is 79.3 cm³/mol. The van der Waals surface area contributed by atoms with Gasteiger partial charge in [-0.05, 0) is 5.56 Å². The van der Waals surface area contributed by atoms with E-state index in [4.69, 9.17) is 18.9 Å². The Morgan fingerprint density at radius 2 is 1.96 bits per heavy atom. The largest absolute Gasteiger partial charge is 0.454 e. The summed E-state index contributed by atoms with van der Waals surface area (Å²) in [6, 6.07) is 9.39. The third-order valence-corrected chi connectivity index (χ3v) is 3.62. The molecule has 0 radical (unpaired) electrons. The molecule has 1 aromatic carbocycles. The fourth-order valence-corrected chi connectivity index (χ4v) is 2.51. The third kappa shape index (κ3) is 4.49. The summed E-state index contributed by atoms with van der Waals surface area (Å²) in [5, 5.41) is 19.7. The highest BCUT2D eigenvalue weighted by molar-refractivity contribution is 5.66. The van der Waals surface area contributed by atoms with Crippen LogP contribution in [0.1, 0.15) is 12.5 Å². The van der Waals surface area contributed by atoms with Crippen molar-refractivity contribution in [1.29, 1.82) is 0 Å². The van der Waals surface area contributed by atoms with Gasteiger partial charge in [0.1, 0.15) is 18.3 Å². The van der Waals surface area contributed by atoms with E-state index < -0.39 is 43.3 Å². The molecule has 0 saturated carbocycles. The number of carbonyl (C=O) groups is 1. The standard InChI is InChI=1S/C16H22O7/c1-10(18)22-15-14(21-9-11-6-4-3-5-7-11)13(19)12(8-17)23-16(15)20-2/h3-7,12-17,19H,8-9H2,1-2H3/t12-,13-,14+,15+,16+/m1/s1. The van der Waals surface area contributed by atoms with Crippen molar-refractivity contribution in [1.82, 2.24) is 0 Å².